The molecule has 0 atom stereocenters. The first-order valence-electron chi connectivity index (χ1n) is 7.41. The van der Waals surface area contributed by atoms with Gasteiger partial charge in [-0.15, -0.1) is 0 Å². The monoisotopic (exact) mass is 341 g/mol. The van der Waals surface area contributed by atoms with Crippen LogP contribution >= 0.6 is 0 Å². The van der Waals surface area contributed by atoms with Crippen molar-refractivity contribution in [2.24, 2.45) is 0 Å². The molecular weight excluding hydrogens is 318 g/mol. The van der Waals surface area contributed by atoms with Crippen LogP contribution in [0.5, 0.6) is 5.75 Å². The van der Waals surface area contributed by atoms with Gasteiger partial charge in [0.25, 0.3) is 0 Å². The molecule has 0 aliphatic carbocycles. The summed E-state index contributed by atoms with van der Waals surface area (Å²) in [5.41, 5.74) is 1.68. The highest BCUT2D eigenvalue weighted by atomic mass is 32.2. The molecule has 0 saturated carbocycles. The van der Waals surface area contributed by atoms with Crippen LogP contribution in [0.2, 0.25) is 0 Å². The topological polar surface area (TPSA) is 79.0 Å². The van der Waals surface area contributed by atoms with Crippen molar-refractivity contribution in [2.45, 2.75) is 6.92 Å². The predicted octanol–water partition coefficient (Wildman–Crippen LogP) is 0.519. The summed E-state index contributed by atoms with van der Waals surface area (Å²) in [6, 6.07) is 5.59. The Balaban J connectivity index is 1.90. The molecular formula is C15H23N3O4S. The number of hydrogen-bond acceptors (Lipinski definition) is 5. The van der Waals surface area contributed by atoms with E-state index in [1.54, 1.807) is 7.11 Å². The zero-order chi connectivity index (χ0) is 17.0. The average Bonchev–Trinajstić information content (AvgIpc) is 2.47. The Hall–Kier alpha value is -1.64. The largest absolute Gasteiger partial charge is 0.495 e. The zero-order valence-electron chi connectivity index (χ0n) is 13.7. The Labute approximate surface area is 137 Å². The number of benzene rings is 1. The van der Waals surface area contributed by atoms with E-state index in [4.69, 9.17) is 4.74 Å². The number of sulfonamides is 1. The lowest BCUT2D eigenvalue weighted by atomic mass is 10.2. The first kappa shape index (κ1) is 17.7. The fraction of sp³-hybridized carbons (Fsp3) is 0.533. The van der Waals surface area contributed by atoms with E-state index >= 15 is 0 Å². The quantitative estimate of drug-likeness (QED) is 0.845. The molecule has 1 saturated heterocycles. The summed E-state index contributed by atoms with van der Waals surface area (Å²) in [5.74, 6) is 0.479. The smallest absolute Gasteiger partial charge is 0.238 e. The van der Waals surface area contributed by atoms with Crippen LogP contribution < -0.4 is 10.1 Å². The van der Waals surface area contributed by atoms with Crippen molar-refractivity contribution in [1.82, 2.24) is 9.21 Å². The molecule has 1 amide bonds. The number of nitrogens with zero attached hydrogens (tertiary/aromatic N) is 2. The molecule has 1 heterocycles. The lowest BCUT2D eigenvalue weighted by Crippen LogP contribution is -2.50. The van der Waals surface area contributed by atoms with Crippen LogP contribution in [0.4, 0.5) is 5.69 Å². The Morgan fingerprint density at radius 1 is 1.26 bits per heavy atom. The number of carbonyl (C=O) groups excluding carboxylic acids is 1. The Kier molecular flexibility index (Phi) is 5.61. The molecule has 1 N–H and O–H groups in total. The SMILES string of the molecule is COc1ccc(C)cc1NC(=O)CN1CCN(S(C)(=O)=O)CC1. The molecule has 7 nitrogen and oxygen atoms in total. The number of rotatable bonds is 5. The third-order valence-electron chi connectivity index (χ3n) is 3.80. The van der Waals surface area contributed by atoms with Crippen molar-refractivity contribution in [1.29, 1.82) is 0 Å². The van der Waals surface area contributed by atoms with Crippen molar-refractivity contribution >= 4 is 21.6 Å². The van der Waals surface area contributed by atoms with E-state index in [1.807, 2.05) is 30.0 Å². The molecule has 1 fully saturated rings. The zero-order valence-corrected chi connectivity index (χ0v) is 14.5. The lowest BCUT2D eigenvalue weighted by molar-refractivity contribution is -0.117. The van der Waals surface area contributed by atoms with E-state index in [-0.39, 0.29) is 12.5 Å². The van der Waals surface area contributed by atoms with Gasteiger partial charge >= 0.3 is 0 Å². The van der Waals surface area contributed by atoms with Crippen molar-refractivity contribution in [2.75, 3.05) is 51.4 Å². The molecule has 0 aromatic heterocycles. The first-order chi connectivity index (χ1) is 10.8. The maximum atomic E-state index is 12.2. The van der Waals surface area contributed by atoms with Gasteiger partial charge in [-0.25, -0.2) is 8.42 Å². The normalized spacial score (nSPS) is 17.0. The first-order valence-corrected chi connectivity index (χ1v) is 9.26. The molecule has 1 aliphatic heterocycles. The number of amides is 1. The summed E-state index contributed by atoms with van der Waals surface area (Å²) < 4.78 is 29.6. The van der Waals surface area contributed by atoms with Crippen LogP contribution in [0, 0.1) is 6.92 Å². The Morgan fingerprint density at radius 3 is 2.48 bits per heavy atom. The van der Waals surface area contributed by atoms with Gasteiger partial charge in [0.1, 0.15) is 5.75 Å². The van der Waals surface area contributed by atoms with Gasteiger partial charge in [0, 0.05) is 26.2 Å². The van der Waals surface area contributed by atoms with Gasteiger partial charge in [0.2, 0.25) is 15.9 Å². The average molecular weight is 341 g/mol. The lowest BCUT2D eigenvalue weighted by Gasteiger charge is -2.32. The van der Waals surface area contributed by atoms with E-state index in [9.17, 15) is 13.2 Å². The van der Waals surface area contributed by atoms with Crippen LogP contribution in [0.25, 0.3) is 0 Å². The summed E-state index contributed by atoms with van der Waals surface area (Å²) in [5, 5.41) is 2.85. The standard InChI is InChI=1S/C15H23N3O4S/c1-12-4-5-14(22-2)13(10-12)16-15(19)11-17-6-8-18(9-7-17)23(3,20)21/h4-5,10H,6-9,11H2,1-3H3,(H,16,19). The number of aryl methyl sites for hydroxylation is 1. The number of piperazine rings is 1. The van der Waals surface area contributed by atoms with Crippen molar-refractivity contribution < 1.29 is 17.9 Å². The maximum absolute atomic E-state index is 12.2. The van der Waals surface area contributed by atoms with E-state index < -0.39 is 10.0 Å². The van der Waals surface area contributed by atoms with E-state index in [0.717, 1.165) is 5.56 Å². The van der Waals surface area contributed by atoms with Crippen LogP contribution in [0.3, 0.4) is 0 Å². The number of methoxy groups -OCH3 is 1. The second-order valence-corrected chi connectivity index (χ2v) is 7.67. The van der Waals surface area contributed by atoms with Gasteiger partial charge in [-0.05, 0) is 24.6 Å². The highest BCUT2D eigenvalue weighted by molar-refractivity contribution is 7.88. The molecule has 1 aromatic rings. The van der Waals surface area contributed by atoms with Gasteiger partial charge in [0.15, 0.2) is 0 Å². The summed E-state index contributed by atoms with van der Waals surface area (Å²) in [6.45, 7) is 4.10. The summed E-state index contributed by atoms with van der Waals surface area (Å²) in [4.78, 5) is 14.1. The van der Waals surface area contributed by atoms with Crippen LogP contribution in [-0.2, 0) is 14.8 Å². The summed E-state index contributed by atoms with van der Waals surface area (Å²) >= 11 is 0. The molecule has 1 aromatic carbocycles. The van der Waals surface area contributed by atoms with Gasteiger partial charge < -0.3 is 10.1 Å². The highest BCUT2D eigenvalue weighted by Gasteiger charge is 2.24. The van der Waals surface area contributed by atoms with Crippen molar-refractivity contribution in [3.05, 3.63) is 23.8 Å². The van der Waals surface area contributed by atoms with Crippen LogP contribution in [0.1, 0.15) is 5.56 Å². The molecule has 0 radical (unpaired) electrons. The summed E-state index contributed by atoms with van der Waals surface area (Å²) in [6.07, 6.45) is 1.21. The Bertz CT molecular complexity index is 667. The number of carbonyl (C=O) groups is 1. The molecule has 0 unspecified atom stereocenters. The number of anilines is 1. The molecule has 128 valence electrons. The van der Waals surface area contributed by atoms with Crippen molar-refractivity contribution in [3.8, 4) is 5.75 Å². The van der Waals surface area contributed by atoms with Crippen LogP contribution in [0.15, 0.2) is 18.2 Å². The minimum atomic E-state index is -3.15. The molecule has 0 bridgehead atoms. The highest BCUT2D eigenvalue weighted by Crippen LogP contribution is 2.25. The third-order valence-corrected chi connectivity index (χ3v) is 5.10. The van der Waals surface area contributed by atoms with Gasteiger partial charge in [0.05, 0.1) is 25.6 Å². The predicted molar refractivity (Wildman–Crippen MR) is 89.2 cm³/mol. The van der Waals surface area contributed by atoms with E-state index in [2.05, 4.69) is 5.32 Å². The minimum Gasteiger partial charge on any atom is -0.495 e. The second-order valence-electron chi connectivity index (χ2n) is 5.69. The van der Waals surface area contributed by atoms with Gasteiger partial charge in [-0.3, -0.25) is 9.69 Å². The number of hydrogen-bond donors (Lipinski definition) is 1. The fourth-order valence-electron chi connectivity index (χ4n) is 2.53. The summed E-state index contributed by atoms with van der Waals surface area (Å²) in [7, 11) is -1.59. The molecule has 23 heavy (non-hydrogen) atoms. The maximum Gasteiger partial charge on any atom is 0.238 e. The minimum absolute atomic E-state index is 0.137. The van der Waals surface area contributed by atoms with E-state index in [1.165, 1.54) is 10.6 Å². The molecule has 2 rings (SSSR count). The van der Waals surface area contributed by atoms with Gasteiger partial charge in [-0.1, -0.05) is 6.07 Å². The molecule has 0 spiro atoms. The van der Waals surface area contributed by atoms with Crippen LogP contribution in [-0.4, -0.2) is 69.6 Å². The number of ether oxygens (including phenoxy) is 1. The van der Waals surface area contributed by atoms with Gasteiger partial charge in [-0.2, -0.15) is 4.31 Å². The second kappa shape index (κ2) is 7.29. The van der Waals surface area contributed by atoms with E-state index in [0.29, 0.717) is 37.6 Å². The molecule has 8 heteroatoms. The third kappa shape index (κ3) is 4.92. The fourth-order valence-corrected chi connectivity index (χ4v) is 3.36. The van der Waals surface area contributed by atoms with Crippen molar-refractivity contribution in [3.63, 3.8) is 0 Å². The number of nitrogens with one attached hydrogen (secondary N) is 1. The Morgan fingerprint density at radius 2 is 1.91 bits per heavy atom. The molecule has 1 aliphatic rings.